The summed E-state index contributed by atoms with van der Waals surface area (Å²) in [7, 11) is 1.80. The van der Waals surface area contributed by atoms with Crippen molar-refractivity contribution in [2.75, 3.05) is 11.9 Å². The van der Waals surface area contributed by atoms with Crippen LogP contribution in [-0.4, -0.2) is 13.0 Å². The number of benzene rings is 1. The second kappa shape index (κ2) is 2.59. The molecule has 3 heteroatoms. The van der Waals surface area contributed by atoms with Gasteiger partial charge in [0.2, 0.25) is 5.91 Å². The number of rotatable bonds is 0. The number of anilines is 1. The van der Waals surface area contributed by atoms with E-state index in [1.165, 1.54) is 0 Å². The molecule has 1 aromatic rings. The van der Waals surface area contributed by atoms with Gasteiger partial charge in [-0.15, -0.1) is 0 Å². The number of nitrogens with zero attached hydrogens (tertiary/aromatic N) is 1. The maximum Gasteiger partial charge on any atom is 0.231 e. The highest BCUT2D eigenvalue weighted by molar-refractivity contribution is 9.10. The van der Waals surface area contributed by atoms with Gasteiger partial charge in [-0.05, 0) is 27.6 Å². The molecule has 2 nitrogen and oxygen atoms in total. The number of halogens is 1. The predicted octanol–water partition coefficient (Wildman–Crippen LogP) is 1.97. The number of carbonyl (C=O) groups excluding carboxylic acids is 1. The van der Waals surface area contributed by atoms with Crippen LogP contribution in [0.15, 0.2) is 22.7 Å². The lowest BCUT2D eigenvalue weighted by Gasteiger charge is -2.11. The number of para-hydroxylation sites is 1. The smallest absolute Gasteiger partial charge is 0.231 e. The van der Waals surface area contributed by atoms with Crippen LogP contribution in [-0.2, 0) is 11.2 Å². The number of fused-ring (bicyclic) bond motifs is 1. The van der Waals surface area contributed by atoms with E-state index in [1.807, 2.05) is 18.2 Å². The highest BCUT2D eigenvalue weighted by Crippen LogP contribution is 2.34. The van der Waals surface area contributed by atoms with Crippen LogP contribution < -0.4 is 4.90 Å². The minimum absolute atomic E-state index is 0.164. The fourth-order valence-corrected chi connectivity index (χ4v) is 2.16. The number of hydrogen-bond acceptors (Lipinski definition) is 1. The third-order valence-corrected chi connectivity index (χ3v) is 2.76. The molecule has 1 heterocycles. The first-order chi connectivity index (χ1) is 5.70. The van der Waals surface area contributed by atoms with Crippen molar-refractivity contribution < 1.29 is 4.79 Å². The zero-order valence-corrected chi connectivity index (χ0v) is 8.26. The van der Waals surface area contributed by atoms with E-state index >= 15 is 0 Å². The zero-order chi connectivity index (χ0) is 8.72. The van der Waals surface area contributed by atoms with Crippen molar-refractivity contribution in [3.05, 3.63) is 28.2 Å². The summed E-state index contributed by atoms with van der Waals surface area (Å²) >= 11 is 3.42. The summed E-state index contributed by atoms with van der Waals surface area (Å²) in [4.78, 5) is 13.0. The first-order valence-electron chi connectivity index (χ1n) is 3.74. The summed E-state index contributed by atoms with van der Waals surface area (Å²) in [6, 6.07) is 5.89. The van der Waals surface area contributed by atoms with E-state index in [0.717, 1.165) is 15.7 Å². The molecule has 1 amide bonds. The van der Waals surface area contributed by atoms with Crippen molar-refractivity contribution in [3.8, 4) is 0 Å². The molecule has 0 fully saturated rings. The largest absolute Gasteiger partial charge is 0.314 e. The summed E-state index contributed by atoms with van der Waals surface area (Å²) in [6.45, 7) is 0. The Hall–Kier alpha value is -0.830. The van der Waals surface area contributed by atoms with E-state index in [4.69, 9.17) is 0 Å². The SMILES string of the molecule is CN1C(=O)Cc2cccc(Br)c21. The highest BCUT2D eigenvalue weighted by Gasteiger charge is 2.25. The van der Waals surface area contributed by atoms with Gasteiger partial charge >= 0.3 is 0 Å². The van der Waals surface area contributed by atoms with Crippen LogP contribution in [0.5, 0.6) is 0 Å². The second-order valence-electron chi connectivity index (χ2n) is 2.88. The molecule has 1 aromatic carbocycles. The molecule has 12 heavy (non-hydrogen) atoms. The summed E-state index contributed by atoms with van der Waals surface area (Å²) < 4.78 is 0.994. The Balaban J connectivity index is 2.62. The predicted molar refractivity (Wildman–Crippen MR) is 51.3 cm³/mol. The van der Waals surface area contributed by atoms with Gasteiger partial charge in [-0.3, -0.25) is 4.79 Å². The van der Waals surface area contributed by atoms with Crippen LogP contribution in [0.1, 0.15) is 5.56 Å². The molecule has 0 saturated heterocycles. The Labute approximate surface area is 79.3 Å². The molecule has 0 saturated carbocycles. The zero-order valence-electron chi connectivity index (χ0n) is 6.67. The van der Waals surface area contributed by atoms with Gasteiger partial charge in [0.15, 0.2) is 0 Å². The summed E-state index contributed by atoms with van der Waals surface area (Å²) in [5.74, 6) is 0.164. The van der Waals surface area contributed by atoms with Crippen molar-refractivity contribution in [3.63, 3.8) is 0 Å². The molecule has 1 aliphatic heterocycles. The highest BCUT2D eigenvalue weighted by atomic mass is 79.9. The number of hydrogen-bond donors (Lipinski definition) is 0. The second-order valence-corrected chi connectivity index (χ2v) is 3.73. The molecule has 0 spiro atoms. The Bertz CT molecular complexity index is 348. The molecule has 2 rings (SSSR count). The lowest BCUT2D eigenvalue weighted by atomic mass is 10.2. The molecule has 0 aliphatic carbocycles. The molecule has 0 radical (unpaired) electrons. The van der Waals surface area contributed by atoms with E-state index in [9.17, 15) is 4.79 Å². The average Bonchev–Trinajstić information content (AvgIpc) is 2.29. The molecule has 0 aromatic heterocycles. The van der Waals surface area contributed by atoms with E-state index in [1.54, 1.807) is 11.9 Å². The fourth-order valence-electron chi connectivity index (χ4n) is 1.48. The lowest BCUT2D eigenvalue weighted by Crippen LogP contribution is -2.20. The molecule has 0 N–H and O–H groups in total. The first-order valence-corrected chi connectivity index (χ1v) is 4.53. The maximum absolute atomic E-state index is 11.3. The van der Waals surface area contributed by atoms with Crippen molar-refractivity contribution in [2.24, 2.45) is 0 Å². The molecular formula is C9H8BrNO. The van der Waals surface area contributed by atoms with E-state index in [0.29, 0.717) is 6.42 Å². The topological polar surface area (TPSA) is 20.3 Å². The average molecular weight is 226 g/mol. The Morgan fingerprint density at radius 3 is 2.92 bits per heavy atom. The van der Waals surface area contributed by atoms with Crippen LogP contribution in [0, 0.1) is 0 Å². The third kappa shape index (κ3) is 0.966. The number of likely N-dealkylation sites (N-methyl/N-ethyl adjacent to an activating group) is 1. The Morgan fingerprint density at radius 2 is 2.25 bits per heavy atom. The van der Waals surface area contributed by atoms with Crippen LogP contribution >= 0.6 is 15.9 Å². The molecule has 0 atom stereocenters. The Morgan fingerprint density at radius 1 is 1.50 bits per heavy atom. The molecule has 62 valence electrons. The fraction of sp³-hybridized carbons (Fsp3) is 0.222. The van der Waals surface area contributed by atoms with Crippen LogP contribution in [0.3, 0.4) is 0 Å². The van der Waals surface area contributed by atoms with Gasteiger partial charge in [0.1, 0.15) is 0 Å². The van der Waals surface area contributed by atoms with Gasteiger partial charge < -0.3 is 4.90 Å². The normalized spacial score (nSPS) is 15.2. The summed E-state index contributed by atoms with van der Waals surface area (Å²) in [5.41, 5.74) is 2.12. The lowest BCUT2D eigenvalue weighted by molar-refractivity contribution is -0.117. The van der Waals surface area contributed by atoms with Crippen molar-refractivity contribution in [2.45, 2.75) is 6.42 Å². The first kappa shape index (κ1) is 7.80. The van der Waals surface area contributed by atoms with Crippen molar-refractivity contribution in [1.29, 1.82) is 0 Å². The van der Waals surface area contributed by atoms with Gasteiger partial charge in [-0.2, -0.15) is 0 Å². The number of amides is 1. The molecular weight excluding hydrogens is 218 g/mol. The van der Waals surface area contributed by atoms with Crippen LogP contribution in [0.4, 0.5) is 5.69 Å². The van der Waals surface area contributed by atoms with Crippen LogP contribution in [0.2, 0.25) is 0 Å². The molecule has 0 bridgehead atoms. The summed E-state index contributed by atoms with van der Waals surface area (Å²) in [6.07, 6.45) is 0.533. The van der Waals surface area contributed by atoms with E-state index in [2.05, 4.69) is 15.9 Å². The number of carbonyl (C=O) groups is 1. The van der Waals surface area contributed by atoms with Gasteiger partial charge in [0.05, 0.1) is 12.1 Å². The summed E-state index contributed by atoms with van der Waals surface area (Å²) in [5, 5.41) is 0. The monoisotopic (exact) mass is 225 g/mol. The molecule has 0 unspecified atom stereocenters. The minimum Gasteiger partial charge on any atom is -0.314 e. The van der Waals surface area contributed by atoms with E-state index < -0.39 is 0 Å². The van der Waals surface area contributed by atoms with Gasteiger partial charge in [0.25, 0.3) is 0 Å². The van der Waals surface area contributed by atoms with Gasteiger partial charge in [-0.1, -0.05) is 12.1 Å². The van der Waals surface area contributed by atoms with Crippen molar-refractivity contribution >= 4 is 27.5 Å². The van der Waals surface area contributed by atoms with Crippen LogP contribution in [0.25, 0.3) is 0 Å². The molecule has 1 aliphatic rings. The van der Waals surface area contributed by atoms with Gasteiger partial charge in [-0.25, -0.2) is 0 Å². The standard InChI is InChI=1S/C9H8BrNO/c1-11-8(12)5-6-3-2-4-7(10)9(6)11/h2-4H,5H2,1H3. The third-order valence-electron chi connectivity index (χ3n) is 2.12. The minimum atomic E-state index is 0.164. The van der Waals surface area contributed by atoms with Gasteiger partial charge in [0, 0.05) is 11.5 Å². The van der Waals surface area contributed by atoms with Crippen molar-refractivity contribution in [1.82, 2.24) is 0 Å². The Kier molecular flexibility index (Phi) is 1.68. The maximum atomic E-state index is 11.3. The quantitative estimate of drug-likeness (QED) is 0.662. The van der Waals surface area contributed by atoms with E-state index in [-0.39, 0.29) is 5.91 Å².